The Kier molecular flexibility index (Phi) is 4.79. The van der Waals surface area contributed by atoms with Crippen molar-refractivity contribution in [2.45, 2.75) is 25.8 Å². The number of esters is 1. The van der Waals surface area contributed by atoms with Crippen LogP contribution in [0.25, 0.3) is 0 Å². The summed E-state index contributed by atoms with van der Waals surface area (Å²) in [5, 5.41) is 13.1. The molecule has 0 aromatic heterocycles. The van der Waals surface area contributed by atoms with E-state index >= 15 is 0 Å². The molecule has 0 radical (unpaired) electrons. The van der Waals surface area contributed by atoms with Gasteiger partial charge in [0.15, 0.2) is 0 Å². The number of rotatable bonds is 5. The molecule has 7 heteroatoms. The van der Waals surface area contributed by atoms with E-state index in [2.05, 4.69) is 10.1 Å². The molecule has 1 amide bonds. The molecule has 20 heavy (non-hydrogen) atoms. The minimum atomic E-state index is -1.21. The zero-order chi connectivity index (χ0) is 15.3. The van der Waals surface area contributed by atoms with Crippen molar-refractivity contribution in [1.29, 1.82) is 0 Å². The fourth-order valence-electron chi connectivity index (χ4n) is 1.92. The van der Waals surface area contributed by atoms with Crippen molar-refractivity contribution in [3.63, 3.8) is 0 Å². The van der Waals surface area contributed by atoms with E-state index in [1.807, 2.05) is 0 Å². The van der Waals surface area contributed by atoms with Gasteiger partial charge in [0.05, 0.1) is 12.0 Å². The number of amides is 1. The van der Waals surface area contributed by atoms with Gasteiger partial charge in [0.2, 0.25) is 5.91 Å². The van der Waals surface area contributed by atoms with Crippen molar-refractivity contribution in [3.05, 3.63) is 39.9 Å². The topological polar surface area (TPSA) is 98.5 Å². The minimum absolute atomic E-state index is 0.0342. The Morgan fingerprint density at radius 2 is 1.90 bits per heavy atom. The van der Waals surface area contributed by atoms with E-state index in [-0.39, 0.29) is 18.0 Å². The summed E-state index contributed by atoms with van der Waals surface area (Å²) in [4.78, 5) is 33.1. The van der Waals surface area contributed by atoms with Crippen LogP contribution in [-0.2, 0) is 20.7 Å². The third kappa shape index (κ3) is 3.78. The van der Waals surface area contributed by atoms with Gasteiger partial charge in [-0.15, -0.1) is 0 Å². The van der Waals surface area contributed by atoms with E-state index in [1.165, 1.54) is 26.2 Å². The van der Waals surface area contributed by atoms with Crippen LogP contribution in [-0.4, -0.2) is 29.4 Å². The number of non-ortho nitro benzene ring substituents is 1. The SMILES string of the molecule is COC(=O)C(C)(Cc1ccc([N+](=O)[O-])cc1)NC(C)=O. The van der Waals surface area contributed by atoms with Crippen molar-refractivity contribution >= 4 is 17.6 Å². The lowest BCUT2D eigenvalue weighted by Crippen LogP contribution is -2.53. The van der Waals surface area contributed by atoms with Crippen LogP contribution in [0.3, 0.4) is 0 Å². The van der Waals surface area contributed by atoms with Crippen molar-refractivity contribution < 1.29 is 19.2 Å². The Balaban J connectivity index is 2.97. The monoisotopic (exact) mass is 280 g/mol. The van der Waals surface area contributed by atoms with Crippen molar-refractivity contribution in [3.8, 4) is 0 Å². The molecule has 108 valence electrons. The summed E-state index contributed by atoms with van der Waals surface area (Å²) < 4.78 is 4.69. The predicted molar refractivity (Wildman–Crippen MR) is 71.0 cm³/mol. The van der Waals surface area contributed by atoms with Crippen LogP contribution in [0, 0.1) is 10.1 Å². The van der Waals surface area contributed by atoms with Crippen molar-refractivity contribution in [2.24, 2.45) is 0 Å². The lowest BCUT2D eigenvalue weighted by Gasteiger charge is -2.27. The van der Waals surface area contributed by atoms with Gasteiger partial charge >= 0.3 is 5.97 Å². The molecular weight excluding hydrogens is 264 g/mol. The van der Waals surface area contributed by atoms with Crippen LogP contribution in [0.4, 0.5) is 5.69 Å². The van der Waals surface area contributed by atoms with E-state index in [0.717, 1.165) is 0 Å². The highest BCUT2D eigenvalue weighted by Gasteiger charge is 2.35. The molecule has 1 aromatic carbocycles. The highest BCUT2D eigenvalue weighted by Crippen LogP contribution is 2.18. The summed E-state index contributed by atoms with van der Waals surface area (Å²) in [5.41, 5.74) is -0.568. The molecule has 1 aromatic rings. The number of methoxy groups -OCH3 is 1. The molecule has 0 spiro atoms. The molecule has 0 aliphatic rings. The van der Waals surface area contributed by atoms with Gasteiger partial charge in [-0.05, 0) is 12.5 Å². The summed E-state index contributed by atoms with van der Waals surface area (Å²) in [5.74, 6) is -0.939. The van der Waals surface area contributed by atoms with Gasteiger partial charge in [-0.25, -0.2) is 4.79 Å². The number of nitrogens with one attached hydrogen (secondary N) is 1. The van der Waals surface area contributed by atoms with Gasteiger partial charge in [0.1, 0.15) is 5.54 Å². The Bertz CT molecular complexity index is 526. The fraction of sp³-hybridized carbons (Fsp3) is 0.385. The molecule has 0 aliphatic heterocycles. The van der Waals surface area contributed by atoms with Gasteiger partial charge in [-0.2, -0.15) is 0 Å². The molecule has 0 heterocycles. The maximum absolute atomic E-state index is 11.8. The number of hydrogen-bond donors (Lipinski definition) is 1. The highest BCUT2D eigenvalue weighted by atomic mass is 16.6. The van der Waals surface area contributed by atoms with E-state index in [9.17, 15) is 19.7 Å². The summed E-state index contributed by atoms with van der Waals surface area (Å²) >= 11 is 0. The molecule has 0 bridgehead atoms. The van der Waals surface area contributed by atoms with Crippen LogP contribution in [0.2, 0.25) is 0 Å². The van der Waals surface area contributed by atoms with E-state index in [1.54, 1.807) is 19.1 Å². The molecule has 1 unspecified atom stereocenters. The van der Waals surface area contributed by atoms with E-state index in [0.29, 0.717) is 5.56 Å². The maximum Gasteiger partial charge on any atom is 0.331 e. The van der Waals surface area contributed by atoms with Crippen LogP contribution < -0.4 is 5.32 Å². The molecular formula is C13H16N2O5. The Labute approximate surface area is 116 Å². The number of hydrogen-bond acceptors (Lipinski definition) is 5. The van der Waals surface area contributed by atoms with Crippen LogP contribution in [0.15, 0.2) is 24.3 Å². The van der Waals surface area contributed by atoms with Crippen molar-refractivity contribution in [2.75, 3.05) is 7.11 Å². The molecule has 7 nitrogen and oxygen atoms in total. The number of benzene rings is 1. The first kappa shape index (κ1) is 15.6. The molecule has 0 saturated heterocycles. The average molecular weight is 280 g/mol. The van der Waals surface area contributed by atoms with Crippen molar-refractivity contribution in [1.82, 2.24) is 5.32 Å². The first-order valence-electron chi connectivity index (χ1n) is 5.89. The number of ether oxygens (including phenoxy) is 1. The molecule has 0 aliphatic carbocycles. The lowest BCUT2D eigenvalue weighted by molar-refractivity contribution is -0.384. The third-order valence-corrected chi connectivity index (χ3v) is 2.79. The summed E-state index contributed by atoms with van der Waals surface area (Å²) in [6, 6.07) is 5.78. The normalized spacial score (nSPS) is 13.2. The second-order valence-electron chi connectivity index (χ2n) is 4.61. The Hall–Kier alpha value is -2.44. The molecule has 1 atom stereocenters. The van der Waals surface area contributed by atoms with Crippen LogP contribution >= 0.6 is 0 Å². The second-order valence-corrected chi connectivity index (χ2v) is 4.61. The van der Waals surface area contributed by atoms with E-state index < -0.39 is 16.4 Å². The lowest BCUT2D eigenvalue weighted by atomic mass is 9.92. The summed E-state index contributed by atoms with van der Waals surface area (Å²) in [6.45, 7) is 2.85. The largest absolute Gasteiger partial charge is 0.467 e. The molecule has 1 N–H and O–H groups in total. The minimum Gasteiger partial charge on any atom is -0.467 e. The van der Waals surface area contributed by atoms with Crippen LogP contribution in [0.5, 0.6) is 0 Å². The Morgan fingerprint density at radius 3 is 2.30 bits per heavy atom. The first-order chi connectivity index (χ1) is 9.28. The molecule has 1 rings (SSSR count). The zero-order valence-electron chi connectivity index (χ0n) is 11.5. The number of nitro groups is 1. The maximum atomic E-state index is 11.8. The van der Waals surface area contributed by atoms with Gasteiger partial charge < -0.3 is 10.1 Å². The number of carbonyl (C=O) groups is 2. The fourth-order valence-corrected chi connectivity index (χ4v) is 1.92. The quantitative estimate of drug-likeness (QED) is 0.496. The summed E-state index contributed by atoms with van der Waals surface area (Å²) in [7, 11) is 1.23. The predicted octanol–water partition coefficient (Wildman–Crippen LogP) is 1.21. The smallest absolute Gasteiger partial charge is 0.331 e. The molecule has 0 fully saturated rings. The first-order valence-corrected chi connectivity index (χ1v) is 5.89. The zero-order valence-corrected chi connectivity index (χ0v) is 11.5. The third-order valence-electron chi connectivity index (χ3n) is 2.79. The van der Waals surface area contributed by atoms with Gasteiger partial charge in [0.25, 0.3) is 5.69 Å². The number of nitrogens with zero attached hydrogens (tertiary/aromatic N) is 1. The van der Waals surface area contributed by atoms with Gasteiger partial charge in [-0.3, -0.25) is 14.9 Å². The number of carbonyl (C=O) groups excluding carboxylic acids is 2. The summed E-state index contributed by atoms with van der Waals surface area (Å²) in [6.07, 6.45) is 0.178. The second kappa shape index (κ2) is 6.14. The standard InChI is InChI=1S/C13H16N2O5/c1-9(16)14-13(2,12(17)20-3)8-10-4-6-11(7-5-10)15(18)19/h4-7H,8H2,1-3H3,(H,14,16). The van der Waals surface area contributed by atoms with E-state index in [4.69, 9.17) is 0 Å². The average Bonchev–Trinajstić information content (AvgIpc) is 2.37. The Morgan fingerprint density at radius 1 is 1.35 bits per heavy atom. The molecule has 0 saturated carbocycles. The van der Waals surface area contributed by atoms with Gasteiger partial charge in [0, 0.05) is 25.5 Å². The van der Waals surface area contributed by atoms with Gasteiger partial charge in [-0.1, -0.05) is 12.1 Å². The highest BCUT2D eigenvalue weighted by molar-refractivity contribution is 5.87. The number of nitro benzene ring substituents is 1. The van der Waals surface area contributed by atoms with Crippen LogP contribution in [0.1, 0.15) is 19.4 Å².